The number of likely N-dealkylation sites (tertiary alicyclic amines) is 1. The molecule has 1 aliphatic heterocycles. The van der Waals surface area contributed by atoms with Crippen LogP contribution in [0.3, 0.4) is 0 Å². The molecule has 1 unspecified atom stereocenters. The van der Waals surface area contributed by atoms with Crippen molar-refractivity contribution in [2.75, 3.05) is 26.7 Å². The standard InChI is InChI=1S/C18H25N5O2/c1-25-17-9-16-15(8-14(17)18(19)24)20-21-23(16)13-4-2-3-7-22(11-13)10-12-5-6-12/h8-9,12-13H,2-7,10-11H2,1H3,(H2,19,24). The summed E-state index contributed by atoms with van der Waals surface area (Å²) in [5, 5.41) is 8.67. The molecule has 1 aliphatic carbocycles. The molecule has 1 aromatic carbocycles. The summed E-state index contributed by atoms with van der Waals surface area (Å²) in [6.45, 7) is 3.39. The number of hydrogen-bond donors (Lipinski definition) is 1. The highest BCUT2D eigenvalue weighted by atomic mass is 16.5. The largest absolute Gasteiger partial charge is 0.496 e. The van der Waals surface area contributed by atoms with Gasteiger partial charge in [-0.1, -0.05) is 11.6 Å². The minimum Gasteiger partial charge on any atom is -0.496 e. The number of methoxy groups -OCH3 is 1. The number of rotatable bonds is 5. The Morgan fingerprint density at radius 1 is 1.32 bits per heavy atom. The Morgan fingerprint density at radius 2 is 2.16 bits per heavy atom. The molecular weight excluding hydrogens is 318 g/mol. The number of nitrogens with two attached hydrogens (primary N) is 1. The molecular formula is C18H25N5O2. The van der Waals surface area contributed by atoms with E-state index in [4.69, 9.17) is 10.5 Å². The lowest BCUT2D eigenvalue weighted by Crippen LogP contribution is -2.32. The SMILES string of the molecule is COc1cc2c(cc1C(N)=O)nnn2C1CCCCN(CC2CC2)C1. The van der Waals surface area contributed by atoms with Crippen LogP contribution in [0.2, 0.25) is 0 Å². The van der Waals surface area contributed by atoms with Gasteiger partial charge in [-0.05, 0) is 44.2 Å². The van der Waals surface area contributed by atoms with E-state index in [9.17, 15) is 4.79 Å². The number of nitrogens with zero attached hydrogens (tertiary/aromatic N) is 4. The summed E-state index contributed by atoms with van der Waals surface area (Å²) in [7, 11) is 1.55. The van der Waals surface area contributed by atoms with Gasteiger partial charge in [-0.2, -0.15) is 0 Å². The molecule has 0 radical (unpaired) electrons. The minimum atomic E-state index is -0.515. The predicted octanol–water partition coefficient (Wildman–Crippen LogP) is 1.98. The molecule has 1 aromatic heterocycles. The van der Waals surface area contributed by atoms with E-state index in [-0.39, 0.29) is 0 Å². The fraction of sp³-hybridized carbons (Fsp3) is 0.611. The van der Waals surface area contributed by atoms with Crippen LogP contribution < -0.4 is 10.5 Å². The van der Waals surface area contributed by atoms with Crippen molar-refractivity contribution in [2.24, 2.45) is 11.7 Å². The molecule has 2 aromatic rings. The molecule has 2 N–H and O–H groups in total. The molecule has 0 spiro atoms. The van der Waals surface area contributed by atoms with E-state index in [2.05, 4.69) is 15.2 Å². The maximum atomic E-state index is 11.6. The predicted molar refractivity (Wildman–Crippen MR) is 94.6 cm³/mol. The number of aromatic nitrogens is 3. The lowest BCUT2D eigenvalue weighted by Gasteiger charge is -2.24. The smallest absolute Gasteiger partial charge is 0.252 e. The molecule has 4 rings (SSSR count). The van der Waals surface area contributed by atoms with Crippen molar-refractivity contribution in [3.8, 4) is 5.75 Å². The molecule has 134 valence electrons. The van der Waals surface area contributed by atoms with E-state index in [0.717, 1.165) is 24.4 Å². The Hall–Kier alpha value is -2.15. The summed E-state index contributed by atoms with van der Waals surface area (Å²) in [4.78, 5) is 14.2. The summed E-state index contributed by atoms with van der Waals surface area (Å²) in [6.07, 6.45) is 6.29. The number of benzene rings is 1. The highest BCUT2D eigenvalue weighted by molar-refractivity contribution is 5.99. The minimum absolute atomic E-state index is 0.301. The molecule has 1 saturated heterocycles. The molecule has 25 heavy (non-hydrogen) atoms. The summed E-state index contributed by atoms with van der Waals surface area (Å²) < 4.78 is 7.36. The van der Waals surface area contributed by atoms with Crippen molar-refractivity contribution in [3.05, 3.63) is 17.7 Å². The Bertz CT molecular complexity index is 783. The molecule has 1 amide bonds. The first-order valence-electron chi connectivity index (χ1n) is 9.11. The fourth-order valence-electron chi connectivity index (χ4n) is 3.82. The van der Waals surface area contributed by atoms with Gasteiger partial charge >= 0.3 is 0 Å². The van der Waals surface area contributed by atoms with Crippen LogP contribution in [0.5, 0.6) is 5.75 Å². The van der Waals surface area contributed by atoms with Gasteiger partial charge in [-0.15, -0.1) is 5.10 Å². The topological polar surface area (TPSA) is 86.3 Å². The Labute approximate surface area is 147 Å². The summed E-state index contributed by atoms with van der Waals surface area (Å²) in [5.41, 5.74) is 7.38. The van der Waals surface area contributed by atoms with Crippen LogP contribution in [-0.4, -0.2) is 52.5 Å². The molecule has 2 aliphatic rings. The second kappa shape index (κ2) is 6.63. The van der Waals surface area contributed by atoms with Crippen molar-refractivity contribution in [3.63, 3.8) is 0 Å². The zero-order valence-electron chi connectivity index (χ0n) is 14.6. The van der Waals surface area contributed by atoms with E-state index in [1.165, 1.54) is 38.8 Å². The number of carbonyl (C=O) groups excluding carboxylic acids is 1. The second-order valence-corrected chi connectivity index (χ2v) is 7.29. The van der Waals surface area contributed by atoms with E-state index in [0.29, 0.717) is 22.9 Å². The van der Waals surface area contributed by atoms with Gasteiger partial charge < -0.3 is 15.4 Å². The Kier molecular flexibility index (Phi) is 4.33. The van der Waals surface area contributed by atoms with Crippen LogP contribution in [0, 0.1) is 5.92 Å². The highest BCUT2D eigenvalue weighted by Gasteiger charge is 2.28. The van der Waals surface area contributed by atoms with Gasteiger partial charge in [0.15, 0.2) is 0 Å². The van der Waals surface area contributed by atoms with Crippen molar-refractivity contribution >= 4 is 16.9 Å². The van der Waals surface area contributed by atoms with Gasteiger partial charge in [-0.3, -0.25) is 4.79 Å². The first kappa shape index (κ1) is 16.3. The zero-order chi connectivity index (χ0) is 17.4. The molecule has 0 bridgehead atoms. The van der Waals surface area contributed by atoms with E-state index in [1.807, 2.05) is 10.7 Å². The lowest BCUT2D eigenvalue weighted by molar-refractivity contribution is 0.0997. The average Bonchev–Trinajstić information content (AvgIpc) is 3.37. The third kappa shape index (κ3) is 3.33. The van der Waals surface area contributed by atoms with Crippen LogP contribution in [0.25, 0.3) is 11.0 Å². The van der Waals surface area contributed by atoms with E-state index in [1.54, 1.807) is 13.2 Å². The lowest BCUT2D eigenvalue weighted by atomic mass is 10.1. The molecule has 7 nitrogen and oxygen atoms in total. The van der Waals surface area contributed by atoms with E-state index < -0.39 is 5.91 Å². The molecule has 2 heterocycles. The number of carbonyl (C=O) groups is 1. The van der Waals surface area contributed by atoms with Gasteiger partial charge in [0, 0.05) is 19.2 Å². The van der Waals surface area contributed by atoms with Gasteiger partial charge in [0.05, 0.1) is 24.2 Å². The molecule has 1 atom stereocenters. The number of hydrogen-bond acceptors (Lipinski definition) is 5. The number of fused-ring (bicyclic) bond motifs is 1. The number of ether oxygens (including phenoxy) is 1. The third-order valence-corrected chi connectivity index (χ3v) is 5.35. The van der Waals surface area contributed by atoms with Crippen LogP contribution in [-0.2, 0) is 0 Å². The maximum absolute atomic E-state index is 11.6. The van der Waals surface area contributed by atoms with Crippen LogP contribution in [0.4, 0.5) is 0 Å². The first-order valence-corrected chi connectivity index (χ1v) is 9.11. The normalized spacial score (nSPS) is 22.0. The average molecular weight is 343 g/mol. The van der Waals surface area contributed by atoms with Gasteiger partial charge in [0.1, 0.15) is 11.3 Å². The quantitative estimate of drug-likeness (QED) is 0.897. The Balaban J connectivity index is 1.66. The molecule has 1 saturated carbocycles. The van der Waals surface area contributed by atoms with Crippen molar-refractivity contribution in [2.45, 2.75) is 38.1 Å². The van der Waals surface area contributed by atoms with Crippen LogP contribution >= 0.6 is 0 Å². The monoisotopic (exact) mass is 343 g/mol. The van der Waals surface area contributed by atoms with Crippen molar-refractivity contribution in [1.29, 1.82) is 0 Å². The van der Waals surface area contributed by atoms with Crippen LogP contribution in [0.15, 0.2) is 12.1 Å². The zero-order valence-corrected chi connectivity index (χ0v) is 14.6. The van der Waals surface area contributed by atoms with Crippen molar-refractivity contribution < 1.29 is 9.53 Å². The second-order valence-electron chi connectivity index (χ2n) is 7.29. The first-order chi connectivity index (χ1) is 12.2. The van der Waals surface area contributed by atoms with Gasteiger partial charge in [-0.25, -0.2) is 4.68 Å². The van der Waals surface area contributed by atoms with E-state index >= 15 is 0 Å². The van der Waals surface area contributed by atoms with Crippen molar-refractivity contribution in [1.82, 2.24) is 19.9 Å². The number of primary amides is 1. The van der Waals surface area contributed by atoms with Gasteiger partial charge in [0.2, 0.25) is 0 Å². The maximum Gasteiger partial charge on any atom is 0.252 e. The molecule has 7 heteroatoms. The fourth-order valence-corrected chi connectivity index (χ4v) is 3.82. The number of amides is 1. The third-order valence-electron chi connectivity index (χ3n) is 5.35. The summed E-state index contributed by atoms with van der Waals surface area (Å²) >= 11 is 0. The summed E-state index contributed by atoms with van der Waals surface area (Å²) in [5.74, 6) is 0.856. The Morgan fingerprint density at radius 3 is 2.88 bits per heavy atom. The van der Waals surface area contributed by atoms with Crippen LogP contribution in [0.1, 0.15) is 48.5 Å². The van der Waals surface area contributed by atoms with Gasteiger partial charge in [0.25, 0.3) is 5.91 Å². The highest BCUT2D eigenvalue weighted by Crippen LogP contribution is 2.33. The summed E-state index contributed by atoms with van der Waals surface area (Å²) in [6, 6.07) is 3.82. The molecule has 2 fully saturated rings.